The smallest absolute Gasteiger partial charge is 0.384 e. The van der Waals surface area contributed by atoms with Gasteiger partial charge in [-0.15, -0.1) is 0 Å². The van der Waals surface area contributed by atoms with E-state index in [0.717, 1.165) is 28.4 Å². The van der Waals surface area contributed by atoms with Crippen molar-refractivity contribution < 1.29 is 41.7 Å². The van der Waals surface area contributed by atoms with Crippen molar-refractivity contribution in [3.05, 3.63) is 0 Å². The van der Waals surface area contributed by atoms with Crippen LogP contribution in [0.25, 0.3) is 0 Å². The monoisotopic (exact) mass is 344 g/mol. The lowest BCUT2D eigenvalue weighted by atomic mass is 10.5. The predicted molar refractivity (Wildman–Crippen MR) is 74.1 cm³/mol. The molecule has 11 heteroatoms. The van der Waals surface area contributed by atoms with E-state index in [1.807, 2.05) is 0 Å². The molecule has 0 aromatic heterocycles. The van der Waals surface area contributed by atoms with Crippen molar-refractivity contribution in [3.63, 3.8) is 0 Å². The fourth-order valence-electron chi connectivity index (χ4n) is 0.572. The van der Waals surface area contributed by atoms with Gasteiger partial charge in [-0.05, 0) is 11.8 Å². The van der Waals surface area contributed by atoms with E-state index in [4.69, 9.17) is 10.2 Å². The third kappa shape index (κ3) is 11.6. The van der Waals surface area contributed by atoms with Crippen LogP contribution in [0.3, 0.4) is 0 Å². The molecule has 0 saturated heterocycles. The number of phosphoric acid groups is 2. The molecular weight excluding hydrogens is 326 g/mol. The lowest BCUT2D eigenvalue weighted by Gasteiger charge is -2.17. The van der Waals surface area contributed by atoms with Gasteiger partial charge in [0.1, 0.15) is 13.2 Å². The molecule has 0 rings (SSSR count). The van der Waals surface area contributed by atoms with Gasteiger partial charge in [0.25, 0.3) is 0 Å². The third-order valence-corrected chi connectivity index (χ3v) is 4.88. The molecule has 0 saturated carbocycles. The van der Waals surface area contributed by atoms with E-state index in [0.29, 0.717) is 0 Å². The zero-order valence-electron chi connectivity index (χ0n) is 12.1. The maximum atomic E-state index is 11.3. The molecule has 122 valence electrons. The predicted octanol–water partition coefficient (Wildman–Crippen LogP) is 0.783. The van der Waals surface area contributed by atoms with Crippen LogP contribution in [0.4, 0.5) is 0 Å². The molecular formula is C10H18O9P2. The summed E-state index contributed by atoms with van der Waals surface area (Å²) in [5.41, 5.74) is 0. The molecule has 0 aliphatic carbocycles. The van der Waals surface area contributed by atoms with E-state index >= 15 is 0 Å². The van der Waals surface area contributed by atoms with Crippen LogP contribution in [-0.4, -0.2) is 51.9 Å². The summed E-state index contributed by atoms with van der Waals surface area (Å²) in [7, 11) is -3.36. The van der Waals surface area contributed by atoms with E-state index in [1.165, 1.54) is 0 Å². The summed E-state index contributed by atoms with van der Waals surface area (Å²) in [6.45, 7) is -0.361. The summed E-state index contributed by atoms with van der Waals surface area (Å²) in [6.07, 6.45) is 0. The van der Waals surface area contributed by atoms with Crippen molar-refractivity contribution in [2.75, 3.05) is 41.7 Å². The lowest BCUT2D eigenvalue weighted by Crippen LogP contribution is -1.96. The maximum absolute atomic E-state index is 11.3. The Morgan fingerprint density at radius 1 is 0.762 bits per heavy atom. The first-order valence-electron chi connectivity index (χ1n) is 5.18. The van der Waals surface area contributed by atoms with Crippen molar-refractivity contribution in [3.8, 4) is 23.7 Å². The largest absolute Gasteiger partial charge is 0.483 e. The van der Waals surface area contributed by atoms with Gasteiger partial charge in [0, 0.05) is 28.4 Å². The van der Waals surface area contributed by atoms with E-state index in [9.17, 15) is 9.13 Å². The molecule has 2 N–H and O–H groups in total. The highest BCUT2D eigenvalue weighted by molar-refractivity contribution is 7.62. The second-order valence-corrected chi connectivity index (χ2v) is 6.53. The lowest BCUT2D eigenvalue weighted by molar-refractivity contribution is 0.158. The Morgan fingerprint density at radius 2 is 1.05 bits per heavy atom. The number of aliphatic hydroxyl groups excluding tert-OH is 2. The standard InChI is InChI=1S/C6H6O2.C4H12O7P2/c7-5-3-1-2-4-6-8;1-7-12(5,8-2)11-13(6,9-3)10-4/h7-8H,5-6H2;1-4H3. The first kappa shape index (κ1) is 22.6. The topological polar surface area (TPSA) is 121 Å². The van der Waals surface area contributed by atoms with E-state index in [-0.39, 0.29) is 13.2 Å². The van der Waals surface area contributed by atoms with Crippen LogP contribution in [0.15, 0.2) is 0 Å². The van der Waals surface area contributed by atoms with Gasteiger partial charge in [-0.25, -0.2) is 9.13 Å². The Bertz CT molecular complexity index is 422. The van der Waals surface area contributed by atoms with Gasteiger partial charge in [-0.2, -0.15) is 4.31 Å². The van der Waals surface area contributed by atoms with Crippen molar-refractivity contribution in [1.82, 2.24) is 0 Å². The fourth-order valence-corrected chi connectivity index (χ4v) is 2.92. The maximum Gasteiger partial charge on any atom is 0.483 e. The quantitative estimate of drug-likeness (QED) is 0.532. The molecule has 0 aliphatic rings. The average Bonchev–Trinajstić information content (AvgIpc) is 2.52. The fraction of sp³-hybridized carbons (Fsp3) is 0.600. The van der Waals surface area contributed by atoms with Crippen molar-refractivity contribution >= 4 is 15.6 Å². The summed E-state index contributed by atoms with van der Waals surface area (Å²) >= 11 is 0. The van der Waals surface area contributed by atoms with E-state index in [1.54, 1.807) is 0 Å². The van der Waals surface area contributed by atoms with Crippen LogP contribution in [0, 0.1) is 23.7 Å². The van der Waals surface area contributed by atoms with Gasteiger partial charge < -0.3 is 10.2 Å². The molecule has 21 heavy (non-hydrogen) atoms. The molecule has 0 amide bonds. The molecule has 0 aromatic rings. The number of aliphatic hydroxyl groups is 2. The normalized spacial score (nSPS) is 10.4. The number of hydrogen-bond donors (Lipinski definition) is 2. The van der Waals surface area contributed by atoms with Crippen LogP contribution in [0.2, 0.25) is 0 Å². The van der Waals surface area contributed by atoms with E-state index < -0.39 is 15.6 Å². The summed E-state index contributed by atoms with van der Waals surface area (Å²) in [5.74, 6) is 9.24. The first-order chi connectivity index (χ1) is 9.86. The Labute approximate surface area is 123 Å². The number of phosphoric ester groups is 2. The Kier molecular flexibility index (Phi) is 14.0. The SMILES string of the molecule is COP(=O)(OC)OP(=O)(OC)OC.OCC#CC#CCO. The Hall–Kier alpha value is -0.700. The molecule has 0 aromatic carbocycles. The Morgan fingerprint density at radius 3 is 1.24 bits per heavy atom. The van der Waals surface area contributed by atoms with Crippen LogP contribution in [0.5, 0.6) is 0 Å². The first-order valence-corrected chi connectivity index (χ1v) is 8.10. The van der Waals surface area contributed by atoms with Crippen LogP contribution in [-0.2, 0) is 31.5 Å². The molecule has 0 fully saturated rings. The van der Waals surface area contributed by atoms with Crippen molar-refractivity contribution in [1.29, 1.82) is 0 Å². The van der Waals surface area contributed by atoms with Crippen LogP contribution < -0.4 is 0 Å². The van der Waals surface area contributed by atoms with Crippen molar-refractivity contribution in [2.45, 2.75) is 0 Å². The zero-order valence-corrected chi connectivity index (χ0v) is 13.8. The van der Waals surface area contributed by atoms with Gasteiger partial charge in [-0.3, -0.25) is 18.1 Å². The molecule has 0 bridgehead atoms. The second kappa shape index (κ2) is 13.0. The highest BCUT2D eigenvalue weighted by Gasteiger charge is 2.37. The number of rotatable bonds is 6. The summed E-state index contributed by atoms with van der Waals surface area (Å²) in [5, 5.41) is 16.1. The van der Waals surface area contributed by atoms with Gasteiger partial charge in [0.2, 0.25) is 0 Å². The second-order valence-electron chi connectivity index (χ2n) is 2.63. The molecule has 0 aliphatic heterocycles. The summed E-state index contributed by atoms with van der Waals surface area (Å²) in [4.78, 5) is 0. The van der Waals surface area contributed by atoms with Crippen LogP contribution in [0.1, 0.15) is 0 Å². The summed E-state index contributed by atoms with van der Waals surface area (Å²) in [6, 6.07) is 0. The van der Waals surface area contributed by atoms with Gasteiger partial charge >= 0.3 is 15.6 Å². The minimum Gasteiger partial charge on any atom is -0.384 e. The molecule has 0 unspecified atom stereocenters. The highest BCUT2D eigenvalue weighted by atomic mass is 31.3. The van der Waals surface area contributed by atoms with E-state index in [2.05, 4.69) is 46.1 Å². The minimum atomic E-state index is -3.85. The highest BCUT2D eigenvalue weighted by Crippen LogP contribution is 2.64. The Balaban J connectivity index is 0. The molecule has 0 atom stereocenters. The average molecular weight is 344 g/mol. The van der Waals surface area contributed by atoms with Gasteiger partial charge in [0.15, 0.2) is 0 Å². The minimum absolute atomic E-state index is 0.180. The molecule has 0 radical (unpaired) electrons. The van der Waals surface area contributed by atoms with Gasteiger partial charge in [0.05, 0.1) is 0 Å². The third-order valence-electron chi connectivity index (χ3n) is 1.49. The summed E-state index contributed by atoms with van der Waals surface area (Å²) < 4.78 is 44.5. The van der Waals surface area contributed by atoms with Crippen molar-refractivity contribution in [2.24, 2.45) is 0 Å². The number of hydrogen-bond acceptors (Lipinski definition) is 9. The molecule has 9 nitrogen and oxygen atoms in total. The van der Waals surface area contributed by atoms with Gasteiger partial charge in [-0.1, -0.05) is 11.8 Å². The molecule has 0 spiro atoms. The van der Waals surface area contributed by atoms with Crippen LogP contribution >= 0.6 is 15.6 Å². The zero-order chi connectivity index (χ0) is 16.8. The molecule has 0 heterocycles.